The Balaban J connectivity index is 0.000000131. The Hall–Kier alpha value is -3.02. The number of hydrogen-bond acceptors (Lipinski definition) is 4. The zero-order valence-corrected chi connectivity index (χ0v) is 11.7. The number of carbonyl (C=O) groups is 2. The Morgan fingerprint density at radius 1 is 0.682 bits per heavy atom. The summed E-state index contributed by atoms with van der Waals surface area (Å²) in [7, 11) is 0. The predicted octanol–water partition coefficient (Wildman–Crippen LogP) is 1.31. The molecule has 2 aliphatic heterocycles. The molecule has 0 spiro atoms. The van der Waals surface area contributed by atoms with Crippen molar-refractivity contribution in [1.82, 2.24) is 11.0 Å². The fourth-order valence-corrected chi connectivity index (χ4v) is 2.14. The van der Waals surface area contributed by atoms with Gasteiger partial charge in [-0.25, -0.2) is 0 Å². The molecular formula is C16H14N2O4. The molecule has 0 bridgehead atoms. The highest BCUT2D eigenvalue weighted by Crippen LogP contribution is 2.20. The molecule has 112 valence electrons. The van der Waals surface area contributed by atoms with E-state index in [0.717, 1.165) is 22.6 Å². The normalized spacial score (nSPS) is 14.7. The van der Waals surface area contributed by atoms with Gasteiger partial charge in [-0.2, -0.15) is 11.0 Å². The first-order chi connectivity index (χ1) is 10.7. The average molecular weight is 298 g/mol. The van der Waals surface area contributed by atoms with Crippen LogP contribution in [0.1, 0.15) is 11.1 Å². The van der Waals surface area contributed by atoms with Crippen LogP contribution in [0.5, 0.6) is 11.5 Å². The van der Waals surface area contributed by atoms with Gasteiger partial charge < -0.3 is 9.68 Å². The molecule has 4 rings (SSSR count). The van der Waals surface area contributed by atoms with Crippen LogP contribution < -0.4 is 20.6 Å². The number of benzene rings is 2. The Bertz CT molecular complexity index is 653. The van der Waals surface area contributed by atoms with Crippen molar-refractivity contribution in [1.29, 1.82) is 0 Å². The monoisotopic (exact) mass is 298 g/mol. The Labute approximate surface area is 127 Å². The van der Waals surface area contributed by atoms with Crippen molar-refractivity contribution < 1.29 is 19.3 Å². The van der Waals surface area contributed by atoms with Crippen LogP contribution in [0.2, 0.25) is 0 Å². The molecule has 0 radical (unpaired) electrons. The summed E-state index contributed by atoms with van der Waals surface area (Å²) in [5.41, 5.74) is 6.48. The molecule has 2 aromatic carbocycles. The summed E-state index contributed by atoms with van der Waals surface area (Å²) in [5.74, 6) is 1.30. The number of hydrogen-bond donors (Lipinski definition) is 2. The fraction of sp³-hybridized carbons (Fsp3) is 0.125. The van der Waals surface area contributed by atoms with Crippen molar-refractivity contribution in [2.75, 3.05) is 0 Å². The maximum atomic E-state index is 10.8. The predicted molar refractivity (Wildman–Crippen MR) is 77.8 cm³/mol. The van der Waals surface area contributed by atoms with Gasteiger partial charge in [0.2, 0.25) is 0 Å². The number of nitrogens with one attached hydrogen (secondary N) is 2. The van der Waals surface area contributed by atoms with E-state index in [1.807, 2.05) is 48.5 Å². The second-order valence-electron chi connectivity index (χ2n) is 4.82. The summed E-state index contributed by atoms with van der Waals surface area (Å²) in [6.07, 6.45) is 0.826. The lowest BCUT2D eigenvalue weighted by atomic mass is 10.1. The van der Waals surface area contributed by atoms with Crippen LogP contribution >= 0.6 is 0 Å². The maximum Gasteiger partial charge on any atom is 0.257 e. The van der Waals surface area contributed by atoms with Crippen molar-refractivity contribution in [3.05, 3.63) is 59.7 Å². The third kappa shape index (κ3) is 3.17. The Morgan fingerprint density at radius 3 is 1.55 bits per heavy atom. The van der Waals surface area contributed by atoms with Gasteiger partial charge in [-0.1, -0.05) is 36.4 Å². The van der Waals surface area contributed by atoms with E-state index >= 15 is 0 Å². The van der Waals surface area contributed by atoms with Crippen molar-refractivity contribution >= 4 is 11.8 Å². The van der Waals surface area contributed by atoms with Gasteiger partial charge in [-0.05, 0) is 12.1 Å². The second-order valence-corrected chi connectivity index (χ2v) is 4.82. The molecule has 0 atom stereocenters. The molecular weight excluding hydrogens is 284 g/mol. The molecule has 22 heavy (non-hydrogen) atoms. The summed E-state index contributed by atoms with van der Waals surface area (Å²) < 4.78 is 0. The highest BCUT2D eigenvalue weighted by Gasteiger charge is 2.15. The van der Waals surface area contributed by atoms with Gasteiger partial charge in [-0.3, -0.25) is 9.59 Å². The first-order valence-electron chi connectivity index (χ1n) is 6.79. The molecule has 2 aromatic rings. The maximum absolute atomic E-state index is 10.8. The molecule has 6 heteroatoms. The van der Waals surface area contributed by atoms with Gasteiger partial charge in [0.1, 0.15) is 0 Å². The van der Waals surface area contributed by atoms with E-state index in [2.05, 4.69) is 11.0 Å². The molecule has 0 saturated carbocycles. The fourth-order valence-electron chi connectivity index (χ4n) is 2.14. The van der Waals surface area contributed by atoms with Crippen molar-refractivity contribution in [3.8, 4) is 11.5 Å². The van der Waals surface area contributed by atoms with Gasteiger partial charge in [-0.15, -0.1) is 0 Å². The minimum Gasteiger partial charge on any atom is -0.379 e. The quantitative estimate of drug-likeness (QED) is 0.769. The molecule has 0 aromatic heterocycles. The number of amides is 2. The molecule has 0 unspecified atom stereocenters. The standard InChI is InChI=1S/2C8H7NO2/c2*10-8-5-6-3-1-2-4-7(6)11-9-8/h2*1-4H,5H2,(H,9,10). The zero-order valence-electron chi connectivity index (χ0n) is 11.7. The summed E-state index contributed by atoms with van der Waals surface area (Å²) >= 11 is 0. The molecule has 2 heterocycles. The van der Waals surface area contributed by atoms with Gasteiger partial charge in [0, 0.05) is 11.1 Å². The molecule has 0 fully saturated rings. The third-order valence-electron chi connectivity index (χ3n) is 3.20. The van der Waals surface area contributed by atoms with E-state index < -0.39 is 0 Å². The van der Waals surface area contributed by atoms with Gasteiger partial charge in [0.15, 0.2) is 11.5 Å². The van der Waals surface area contributed by atoms with E-state index in [9.17, 15) is 9.59 Å². The van der Waals surface area contributed by atoms with E-state index in [1.165, 1.54) is 0 Å². The number of fused-ring (bicyclic) bond motifs is 2. The highest BCUT2D eigenvalue weighted by molar-refractivity contribution is 5.80. The van der Waals surface area contributed by atoms with Crippen LogP contribution in [-0.2, 0) is 22.4 Å². The summed E-state index contributed by atoms with van der Waals surface area (Å²) in [5, 5.41) is 0. The highest BCUT2D eigenvalue weighted by atomic mass is 16.7. The summed E-state index contributed by atoms with van der Waals surface area (Å²) in [6, 6.07) is 14.9. The Kier molecular flexibility index (Phi) is 3.91. The summed E-state index contributed by atoms with van der Waals surface area (Å²) in [6.45, 7) is 0. The molecule has 2 N–H and O–H groups in total. The topological polar surface area (TPSA) is 76.7 Å². The second kappa shape index (κ2) is 6.17. The van der Waals surface area contributed by atoms with Crippen molar-refractivity contribution in [2.24, 2.45) is 0 Å². The van der Waals surface area contributed by atoms with Crippen LogP contribution in [0.15, 0.2) is 48.5 Å². The lowest BCUT2D eigenvalue weighted by Gasteiger charge is -2.15. The molecule has 6 nitrogen and oxygen atoms in total. The first-order valence-corrected chi connectivity index (χ1v) is 6.79. The van der Waals surface area contributed by atoms with Crippen molar-refractivity contribution in [2.45, 2.75) is 12.8 Å². The van der Waals surface area contributed by atoms with E-state index in [4.69, 9.17) is 9.68 Å². The van der Waals surface area contributed by atoms with E-state index in [1.54, 1.807) is 0 Å². The van der Waals surface area contributed by atoms with Crippen molar-refractivity contribution in [3.63, 3.8) is 0 Å². The smallest absolute Gasteiger partial charge is 0.257 e. The van der Waals surface area contributed by atoms with Gasteiger partial charge in [0.25, 0.3) is 11.8 Å². The number of hydroxylamine groups is 2. The average Bonchev–Trinajstić information content (AvgIpc) is 2.55. The molecule has 0 aliphatic carbocycles. The van der Waals surface area contributed by atoms with Crippen LogP contribution in [0.25, 0.3) is 0 Å². The minimum atomic E-state index is -0.0938. The largest absolute Gasteiger partial charge is 0.379 e. The number of para-hydroxylation sites is 2. The SMILES string of the molecule is O=C1Cc2ccccc2ON1.O=C1Cc2ccccc2ON1. The minimum absolute atomic E-state index is 0.0938. The van der Waals surface area contributed by atoms with Crippen LogP contribution in [0.3, 0.4) is 0 Å². The molecule has 0 saturated heterocycles. The van der Waals surface area contributed by atoms with Crippen LogP contribution in [0.4, 0.5) is 0 Å². The number of carbonyl (C=O) groups excluding carboxylic acids is 2. The van der Waals surface area contributed by atoms with E-state index in [-0.39, 0.29) is 11.8 Å². The lowest BCUT2D eigenvalue weighted by molar-refractivity contribution is -0.129. The first kappa shape index (κ1) is 13.9. The van der Waals surface area contributed by atoms with Crippen LogP contribution in [0, 0.1) is 0 Å². The lowest BCUT2D eigenvalue weighted by Crippen LogP contribution is -2.32. The Morgan fingerprint density at radius 2 is 1.09 bits per heavy atom. The zero-order chi connectivity index (χ0) is 15.4. The molecule has 2 amide bonds. The van der Waals surface area contributed by atoms with E-state index in [0.29, 0.717) is 12.8 Å². The molecule has 2 aliphatic rings. The van der Waals surface area contributed by atoms with Gasteiger partial charge >= 0.3 is 0 Å². The summed E-state index contributed by atoms with van der Waals surface area (Å²) in [4.78, 5) is 31.5. The van der Waals surface area contributed by atoms with Gasteiger partial charge in [0.05, 0.1) is 12.8 Å². The number of rotatable bonds is 0. The van der Waals surface area contributed by atoms with Crippen LogP contribution in [-0.4, -0.2) is 11.8 Å². The third-order valence-corrected chi connectivity index (χ3v) is 3.20.